The standard InChI is InChI=1S/C19H27N3O/c1-15-13-18(19(23)14-20-11-8-12-21(3)4)16(2)22(15)17-9-6-5-7-10-17/h5-7,9-10,13,20H,8,11-12,14H2,1-4H3. The van der Waals surface area contributed by atoms with Gasteiger partial charge in [-0.3, -0.25) is 4.79 Å². The van der Waals surface area contributed by atoms with Gasteiger partial charge < -0.3 is 14.8 Å². The van der Waals surface area contributed by atoms with E-state index in [1.807, 2.05) is 38.1 Å². The monoisotopic (exact) mass is 313 g/mol. The maximum atomic E-state index is 12.5. The summed E-state index contributed by atoms with van der Waals surface area (Å²) >= 11 is 0. The van der Waals surface area contributed by atoms with Crippen molar-refractivity contribution in [1.29, 1.82) is 0 Å². The van der Waals surface area contributed by atoms with E-state index in [1.54, 1.807) is 0 Å². The van der Waals surface area contributed by atoms with Crippen LogP contribution >= 0.6 is 0 Å². The minimum atomic E-state index is 0.158. The maximum Gasteiger partial charge on any atom is 0.178 e. The molecule has 0 aliphatic heterocycles. The second kappa shape index (κ2) is 8.09. The number of nitrogens with one attached hydrogen (secondary N) is 1. The molecule has 0 aliphatic rings. The fraction of sp³-hybridized carbons (Fsp3) is 0.421. The lowest BCUT2D eigenvalue weighted by Gasteiger charge is -2.10. The first-order chi connectivity index (χ1) is 11.0. The van der Waals surface area contributed by atoms with Gasteiger partial charge in [0.25, 0.3) is 0 Å². The summed E-state index contributed by atoms with van der Waals surface area (Å²) < 4.78 is 2.14. The van der Waals surface area contributed by atoms with Gasteiger partial charge in [-0.1, -0.05) is 18.2 Å². The van der Waals surface area contributed by atoms with Gasteiger partial charge in [0.05, 0.1) is 6.54 Å². The summed E-state index contributed by atoms with van der Waals surface area (Å²) in [7, 11) is 4.12. The van der Waals surface area contributed by atoms with Gasteiger partial charge in [-0.15, -0.1) is 0 Å². The Morgan fingerprint density at radius 2 is 1.87 bits per heavy atom. The first-order valence-electron chi connectivity index (χ1n) is 8.13. The van der Waals surface area contributed by atoms with Crippen molar-refractivity contribution < 1.29 is 4.79 Å². The number of hydrogen-bond acceptors (Lipinski definition) is 3. The lowest BCUT2D eigenvalue weighted by molar-refractivity contribution is 0.0990. The Morgan fingerprint density at radius 3 is 2.52 bits per heavy atom. The number of carbonyl (C=O) groups is 1. The minimum absolute atomic E-state index is 0.158. The highest BCUT2D eigenvalue weighted by atomic mass is 16.1. The number of ketones is 1. The largest absolute Gasteiger partial charge is 0.318 e. The molecule has 1 N–H and O–H groups in total. The first-order valence-corrected chi connectivity index (χ1v) is 8.13. The summed E-state index contributed by atoms with van der Waals surface area (Å²) in [6, 6.07) is 12.2. The fourth-order valence-electron chi connectivity index (χ4n) is 2.84. The van der Waals surface area contributed by atoms with Crippen LogP contribution in [0.3, 0.4) is 0 Å². The molecule has 0 fully saturated rings. The van der Waals surface area contributed by atoms with Crippen molar-refractivity contribution >= 4 is 5.78 Å². The van der Waals surface area contributed by atoms with E-state index < -0.39 is 0 Å². The van der Waals surface area contributed by atoms with Crippen molar-refractivity contribution in [3.8, 4) is 5.69 Å². The molecule has 0 saturated carbocycles. The number of benzene rings is 1. The molecule has 124 valence electrons. The Kier molecular flexibility index (Phi) is 6.13. The predicted octanol–water partition coefficient (Wildman–Crippen LogP) is 2.82. The Morgan fingerprint density at radius 1 is 1.17 bits per heavy atom. The summed E-state index contributed by atoms with van der Waals surface area (Å²) in [4.78, 5) is 14.6. The van der Waals surface area contributed by atoms with Crippen molar-refractivity contribution in [2.75, 3.05) is 33.7 Å². The molecule has 1 heterocycles. The Bertz CT molecular complexity index is 644. The molecule has 23 heavy (non-hydrogen) atoms. The highest BCUT2D eigenvalue weighted by Crippen LogP contribution is 2.20. The molecule has 0 amide bonds. The topological polar surface area (TPSA) is 37.3 Å². The van der Waals surface area contributed by atoms with Crippen LogP contribution in [0.15, 0.2) is 36.4 Å². The second-order valence-electron chi connectivity index (χ2n) is 6.21. The first kappa shape index (κ1) is 17.4. The third-order valence-corrected chi connectivity index (χ3v) is 3.99. The van der Waals surface area contributed by atoms with E-state index in [0.717, 1.165) is 42.1 Å². The molecule has 0 aliphatic carbocycles. The van der Waals surface area contributed by atoms with Crippen LogP contribution < -0.4 is 5.32 Å². The summed E-state index contributed by atoms with van der Waals surface area (Å²) in [5.41, 5.74) is 4.01. The number of Topliss-reactive ketones (excluding diaryl/α,β-unsaturated/α-hetero) is 1. The molecule has 0 unspecified atom stereocenters. The lowest BCUT2D eigenvalue weighted by Crippen LogP contribution is -2.26. The minimum Gasteiger partial charge on any atom is -0.318 e. The van der Waals surface area contributed by atoms with Gasteiger partial charge in [0.15, 0.2) is 5.78 Å². The van der Waals surface area contributed by atoms with Gasteiger partial charge in [0.1, 0.15) is 0 Å². The van der Waals surface area contributed by atoms with E-state index in [-0.39, 0.29) is 5.78 Å². The summed E-state index contributed by atoms with van der Waals surface area (Å²) in [5.74, 6) is 0.158. The SMILES string of the molecule is Cc1cc(C(=O)CNCCCN(C)C)c(C)n1-c1ccccc1. The number of nitrogens with zero attached hydrogens (tertiary/aromatic N) is 2. The molecule has 0 radical (unpaired) electrons. The van der Waals surface area contributed by atoms with Crippen LogP contribution in [0.5, 0.6) is 0 Å². The smallest absolute Gasteiger partial charge is 0.178 e. The normalized spacial score (nSPS) is 11.2. The number of carbonyl (C=O) groups excluding carboxylic acids is 1. The van der Waals surface area contributed by atoms with Crippen molar-refractivity contribution in [2.24, 2.45) is 0 Å². The van der Waals surface area contributed by atoms with Gasteiger partial charge in [-0.25, -0.2) is 0 Å². The summed E-state index contributed by atoms with van der Waals surface area (Å²) in [6.45, 7) is 6.35. The van der Waals surface area contributed by atoms with E-state index in [9.17, 15) is 4.79 Å². The van der Waals surface area contributed by atoms with Crippen LogP contribution in [0.2, 0.25) is 0 Å². The molecule has 0 saturated heterocycles. The van der Waals surface area contributed by atoms with E-state index in [0.29, 0.717) is 6.54 Å². The number of hydrogen-bond donors (Lipinski definition) is 1. The Balaban J connectivity index is 2.02. The van der Waals surface area contributed by atoms with Crippen LogP contribution in [0.1, 0.15) is 28.2 Å². The third kappa shape index (κ3) is 4.53. The second-order valence-corrected chi connectivity index (χ2v) is 6.21. The molecule has 1 aromatic carbocycles. The van der Waals surface area contributed by atoms with Crippen molar-refractivity contribution in [3.05, 3.63) is 53.3 Å². The van der Waals surface area contributed by atoms with Crippen LogP contribution in [0.25, 0.3) is 5.69 Å². The summed E-state index contributed by atoms with van der Waals surface area (Å²) in [5, 5.41) is 3.25. The molecule has 4 heteroatoms. The van der Waals surface area contributed by atoms with Gasteiger partial charge >= 0.3 is 0 Å². The van der Waals surface area contributed by atoms with E-state index in [4.69, 9.17) is 0 Å². The van der Waals surface area contributed by atoms with Crippen molar-refractivity contribution in [3.63, 3.8) is 0 Å². The van der Waals surface area contributed by atoms with Gasteiger partial charge in [-0.05, 0) is 65.7 Å². The van der Waals surface area contributed by atoms with Crippen molar-refractivity contribution in [2.45, 2.75) is 20.3 Å². The molecular formula is C19H27N3O. The molecule has 0 bridgehead atoms. The van der Waals surface area contributed by atoms with Gasteiger partial charge in [0, 0.05) is 22.6 Å². The zero-order valence-corrected chi connectivity index (χ0v) is 14.6. The van der Waals surface area contributed by atoms with E-state index in [2.05, 4.69) is 41.0 Å². The average Bonchev–Trinajstić information content (AvgIpc) is 2.82. The Hall–Kier alpha value is -1.91. The number of aromatic nitrogens is 1. The van der Waals surface area contributed by atoms with Gasteiger partial charge in [0.2, 0.25) is 0 Å². The highest BCUT2D eigenvalue weighted by molar-refractivity contribution is 5.99. The van der Waals surface area contributed by atoms with E-state index in [1.165, 1.54) is 0 Å². The van der Waals surface area contributed by atoms with Crippen molar-refractivity contribution in [1.82, 2.24) is 14.8 Å². The molecule has 0 atom stereocenters. The quantitative estimate of drug-likeness (QED) is 0.601. The number of aryl methyl sites for hydroxylation is 1. The summed E-state index contributed by atoms with van der Waals surface area (Å²) in [6.07, 6.45) is 1.04. The fourth-order valence-corrected chi connectivity index (χ4v) is 2.84. The third-order valence-electron chi connectivity index (χ3n) is 3.99. The molecular weight excluding hydrogens is 286 g/mol. The molecule has 1 aromatic heterocycles. The number of para-hydroxylation sites is 1. The van der Waals surface area contributed by atoms with Crippen LogP contribution in [-0.2, 0) is 0 Å². The predicted molar refractivity (Wildman–Crippen MR) is 95.6 cm³/mol. The molecule has 0 spiro atoms. The van der Waals surface area contributed by atoms with E-state index >= 15 is 0 Å². The van der Waals surface area contributed by atoms with Gasteiger partial charge in [-0.2, -0.15) is 0 Å². The van der Waals surface area contributed by atoms with Crippen LogP contribution in [-0.4, -0.2) is 49.0 Å². The maximum absolute atomic E-state index is 12.5. The molecule has 2 aromatic rings. The van der Waals surface area contributed by atoms with Crippen LogP contribution in [0, 0.1) is 13.8 Å². The molecule has 2 rings (SSSR count). The highest BCUT2D eigenvalue weighted by Gasteiger charge is 2.16. The lowest BCUT2D eigenvalue weighted by atomic mass is 10.1. The molecule has 4 nitrogen and oxygen atoms in total. The zero-order chi connectivity index (χ0) is 16.8. The number of rotatable bonds is 8. The average molecular weight is 313 g/mol. The Labute approximate surface area is 139 Å². The van der Waals surface area contributed by atoms with Crippen LogP contribution in [0.4, 0.5) is 0 Å². The zero-order valence-electron chi connectivity index (χ0n) is 14.6.